The highest BCUT2D eigenvalue weighted by Gasteiger charge is 2.21. The molecule has 2 rings (SSSR count). The molecule has 0 aliphatic carbocycles. The standard InChI is InChI=1S/C13H18O2/c1-10-2-4-11(5-3-10)12-6-7-13(8-14)15-9-12/h2-5,12-14H,6-9H2,1H3/t12-,13-/m0/s1. The van der Waals surface area contributed by atoms with E-state index in [0.29, 0.717) is 5.92 Å². The largest absolute Gasteiger partial charge is 0.394 e. The van der Waals surface area contributed by atoms with Gasteiger partial charge in [-0.25, -0.2) is 0 Å². The van der Waals surface area contributed by atoms with E-state index < -0.39 is 0 Å². The predicted molar refractivity (Wildman–Crippen MR) is 60.0 cm³/mol. The Morgan fingerprint density at radius 2 is 2.00 bits per heavy atom. The Labute approximate surface area is 90.9 Å². The Morgan fingerprint density at radius 3 is 2.53 bits per heavy atom. The molecule has 0 unspecified atom stereocenters. The fourth-order valence-electron chi connectivity index (χ4n) is 2.05. The van der Waals surface area contributed by atoms with E-state index >= 15 is 0 Å². The molecule has 1 aliphatic rings. The molecule has 0 radical (unpaired) electrons. The summed E-state index contributed by atoms with van der Waals surface area (Å²) < 4.78 is 5.57. The third-order valence-electron chi connectivity index (χ3n) is 3.12. The Hall–Kier alpha value is -0.860. The second kappa shape index (κ2) is 4.77. The molecule has 1 N–H and O–H groups in total. The van der Waals surface area contributed by atoms with Gasteiger partial charge in [0.1, 0.15) is 0 Å². The summed E-state index contributed by atoms with van der Waals surface area (Å²) >= 11 is 0. The smallest absolute Gasteiger partial charge is 0.0806 e. The maximum Gasteiger partial charge on any atom is 0.0806 e. The highest BCUT2D eigenvalue weighted by atomic mass is 16.5. The van der Waals surface area contributed by atoms with E-state index in [0.717, 1.165) is 19.4 Å². The van der Waals surface area contributed by atoms with E-state index in [2.05, 4.69) is 31.2 Å². The highest BCUT2D eigenvalue weighted by Crippen LogP contribution is 2.28. The Kier molecular flexibility index (Phi) is 3.39. The van der Waals surface area contributed by atoms with Crippen molar-refractivity contribution >= 4 is 0 Å². The number of rotatable bonds is 2. The van der Waals surface area contributed by atoms with Gasteiger partial charge in [-0.15, -0.1) is 0 Å². The fraction of sp³-hybridized carbons (Fsp3) is 0.538. The van der Waals surface area contributed by atoms with Crippen LogP contribution in [0.2, 0.25) is 0 Å². The summed E-state index contributed by atoms with van der Waals surface area (Å²) in [7, 11) is 0. The van der Waals surface area contributed by atoms with Gasteiger partial charge in [-0.3, -0.25) is 0 Å². The van der Waals surface area contributed by atoms with Crippen LogP contribution in [0.4, 0.5) is 0 Å². The Bertz CT molecular complexity index is 297. The quantitative estimate of drug-likeness (QED) is 0.804. The normalized spacial score (nSPS) is 26.5. The van der Waals surface area contributed by atoms with Gasteiger partial charge in [-0.05, 0) is 25.3 Å². The first-order valence-electron chi connectivity index (χ1n) is 5.58. The molecule has 15 heavy (non-hydrogen) atoms. The van der Waals surface area contributed by atoms with Crippen molar-refractivity contribution in [3.05, 3.63) is 35.4 Å². The van der Waals surface area contributed by atoms with E-state index in [-0.39, 0.29) is 12.7 Å². The molecular formula is C13H18O2. The van der Waals surface area contributed by atoms with E-state index in [1.807, 2.05) is 0 Å². The van der Waals surface area contributed by atoms with Crippen molar-refractivity contribution in [1.29, 1.82) is 0 Å². The van der Waals surface area contributed by atoms with Crippen LogP contribution in [-0.4, -0.2) is 24.4 Å². The average Bonchev–Trinajstić information content (AvgIpc) is 2.30. The molecule has 2 atom stereocenters. The second-order valence-electron chi connectivity index (χ2n) is 4.32. The maximum absolute atomic E-state index is 8.96. The third-order valence-corrected chi connectivity index (χ3v) is 3.12. The zero-order chi connectivity index (χ0) is 10.7. The Morgan fingerprint density at radius 1 is 1.27 bits per heavy atom. The molecule has 1 saturated heterocycles. The van der Waals surface area contributed by atoms with Crippen molar-refractivity contribution in [3.8, 4) is 0 Å². The molecule has 0 bridgehead atoms. The molecule has 82 valence electrons. The number of aliphatic hydroxyl groups is 1. The minimum Gasteiger partial charge on any atom is -0.394 e. The van der Waals surface area contributed by atoms with Gasteiger partial charge >= 0.3 is 0 Å². The van der Waals surface area contributed by atoms with Crippen LogP contribution < -0.4 is 0 Å². The number of ether oxygens (including phenoxy) is 1. The van der Waals surface area contributed by atoms with Crippen molar-refractivity contribution in [3.63, 3.8) is 0 Å². The maximum atomic E-state index is 8.96. The van der Waals surface area contributed by atoms with E-state index in [1.54, 1.807) is 0 Å². The molecule has 0 spiro atoms. The topological polar surface area (TPSA) is 29.5 Å². The van der Waals surface area contributed by atoms with Crippen molar-refractivity contribution in [1.82, 2.24) is 0 Å². The third kappa shape index (κ3) is 2.58. The summed E-state index contributed by atoms with van der Waals surface area (Å²) in [5, 5.41) is 8.96. The molecule has 0 amide bonds. The predicted octanol–water partition coefficient (Wildman–Crippen LogP) is 2.25. The van der Waals surface area contributed by atoms with Crippen LogP contribution >= 0.6 is 0 Å². The number of hydrogen-bond acceptors (Lipinski definition) is 2. The van der Waals surface area contributed by atoms with Crippen LogP contribution in [0.15, 0.2) is 24.3 Å². The van der Waals surface area contributed by atoms with Crippen molar-refractivity contribution in [2.45, 2.75) is 31.8 Å². The minimum atomic E-state index is 0.0618. The summed E-state index contributed by atoms with van der Waals surface area (Å²) in [6.45, 7) is 3.00. The van der Waals surface area contributed by atoms with Crippen LogP contribution in [0.5, 0.6) is 0 Å². The van der Waals surface area contributed by atoms with Crippen LogP contribution in [0, 0.1) is 6.92 Å². The second-order valence-corrected chi connectivity index (χ2v) is 4.32. The van der Waals surface area contributed by atoms with Gasteiger partial charge in [0.2, 0.25) is 0 Å². The van der Waals surface area contributed by atoms with Crippen molar-refractivity contribution < 1.29 is 9.84 Å². The van der Waals surface area contributed by atoms with Crippen LogP contribution in [0.25, 0.3) is 0 Å². The molecule has 1 aliphatic heterocycles. The van der Waals surface area contributed by atoms with Gasteiger partial charge in [0.05, 0.1) is 19.3 Å². The minimum absolute atomic E-state index is 0.0618. The summed E-state index contributed by atoms with van der Waals surface area (Å²) in [4.78, 5) is 0. The van der Waals surface area contributed by atoms with E-state index in [9.17, 15) is 0 Å². The summed E-state index contributed by atoms with van der Waals surface area (Å²) in [5.74, 6) is 0.508. The summed E-state index contributed by atoms with van der Waals surface area (Å²) in [5.41, 5.74) is 2.65. The van der Waals surface area contributed by atoms with Crippen molar-refractivity contribution in [2.24, 2.45) is 0 Å². The number of aliphatic hydroxyl groups excluding tert-OH is 1. The highest BCUT2D eigenvalue weighted by molar-refractivity contribution is 5.24. The number of aryl methyl sites for hydroxylation is 1. The number of benzene rings is 1. The molecule has 1 fully saturated rings. The first-order chi connectivity index (χ1) is 7.29. The molecule has 2 nitrogen and oxygen atoms in total. The van der Waals surface area contributed by atoms with E-state index in [1.165, 1.54) is 11.1 Å². The fourth-order valence-corrected chi connectivity index (χ4v) is 2.05. The Balaban J connectivity index is 1.98. The zero-order valence-electron chi connectivity index (χ0n) is 9.15. The molecular weight excluding hydrogens is 188 g/mol. The van der Waals surface area contributed by atoms with Crippen LogP contribution in [-0.2, 0) is 4.74 Å². The lowest BCUT2D eigenvalue weighted by Gasteiger charge is -2.28. The number of hydrogen-bond donors (Lipinski definition) is 1. The average molecular weight is 206 g/mol. The van der Waals surface area contributed by atoms with Gasteiger partial charge in [0.15, 0.2) is 0 Å². The lowest BCUT2D eigenvalue weighted by Crippen LogP contribution is -2.27. The molecule has 0 saturated carbocycles. The van der Waals surface area contributed by atoms with Gasteiger partial charge in [0, 0.05) is 5.92 Å². The SMILES string of the molecule is Cc1ccc([C@H]2CC[C@@H](CO)OC2)cc1. The zero-order valence-corrected chi connectivity index (χ0v) is 9.15. The summed E-state index contributed by atoms with van der Waals surface area (Å²) in [6, 6.07) is 8.66. The lowest BCUT2D eigenvalue weighted by molar-refractivity contribution is -0.0269. The molecule has 1 aromatic rings. The lowest BCUT2D eigenvalue weighted by atomic mass is 9.91. The monoisotopic (exact) mass is 206 g/mol. The van der Waals surface area contributed by atoms with Gasteiger partial charge < -0.3 is 9.84 Å². The first-order valence-corrected chi connectivity index (χ1v) is 5.58. The molecule has 2 heteroatoms. The molecule has 0 aromatic heterocycles. The summed E-state index contributed by atoms with van der Waals surface area (Å²) in [6.07, 6.45) is 2.15. The molecule has 1 aromatic carbocycles. The first kappa shape index (κ1) is 10.7. The van der Waals surface area contributed by atoms with Gasteiger partial charge in [-0.2, -0.15) is 0 Å². The molecule has 1 heterocycles. The van der Waals surface area contributed by atoms with Gasteiger partial charge in [0.25, 0.3) is 0 Å². The van der Waals surface area contributed by atoms with Gasteiger partial charge in [-0.1, -0.05) is 29.8 Å². The van der Waals surface area contributed by atoms with E-state index in [4.69, 9.17) is 9.84 Å². The van der Waals surface area contributed by atoms with Crippen LogP contribution in [0.3, 0.4) is 0 Å². The van der Waals surface area contributed by atoms with Crippen LogP contribution in [0.1, 0.15) is 29.9 Å². The van der Waals surface area contributed by atoms with Crippen molar-refractivity contribution in [2.75, 3.05) is 13.2 Å².